The van der Waals surface area contributed by atoms with Crippen molar-refractivity contribution >= 4 is 23.4 Å². The first-order chi connectivity index (χ1) is 13.5. The highest BCUT2D eigenvalue weighted by Crippen LogP contribution is 2.18. The maximum absolute atomic E-state index is 12.1. The molecule has 2 aromatic carbocycles. The van der Waals surface area contributed by atoms with Crippen LogP contribution < -0.4 is 10.1 Å². The molecule has 0 unspecified atom stereocenters. The maximum atomic E-state index is 12.1. The van der Waals surface area contributed by atoms with Gasteiger partial charge in [0.1, 0.15) is 5.75 Å². The summed E-state index contributed by atoms with van der Waals surface area (Å²) < 4.78 is 5.64. The predicted molar refractivity (Wildman–Crippen MR) is 106 cm³/mol. The quantitative estimate of drug-likeness (QED) is 0.562. The van der Waals surface area contributed by atoms with Gasteiger partial charge in [0, 0.05) is 24.9 Å². The van der Waals surface area contributed by atoms with Gasteiger partial charge in [-0.05, 0) is 48.7 Å². The molecule has 28 heavy (non-hydrogen) atoms. The Labute approximate surface area is 164 Å². The Bertz CT molecular complexity index is 845. The summed E-state index contributed by atoms with van der Waals surface area (Å²) in [5, 5.41) is 2.85. The van der Waals surface area contributed by atoms with Gasteiger partial charge in [0.25, 0.3) is 0 Å². The fraction of sp³-hybridized carbons (Fsp3) is 0.318. The topological polar surface area (TPSA) is 75.7 Å². The lowest BCUT2D eigenvalue weighted by Gasteiger charge is -2.14. The molecule has 0 spiro atoms. The Morgan fingerprint density at radius 2 is 1.79 bits per heavy atom. The Kier molecular flexibility index (Phi) is 6.42. The number of ether oxygens (including phenoxy) is 1. The van der Waals surface area contributed by atoms with Crippen LogP contribution in [0.5, 0.6) is 5.75 Å². The van der Waals surface area contributed by atoms with E-state index in [1.807, 2.05) is 43.3 Å². The first-order valence-corrected chi connectivity index (χ1v) is 9.43. The van der Waals surface area contributed by atoms with Crippen LogP contribution in [0.1, 0.15) is 36.8 Å². The van der Waals surface area contributed by atoms with E-state index in [1.54, 1.807) is 12.1 Å². The molecule has 1 N–H and O–H groups in total. The van der Waals surface area contributed by atoms with Gasteiger partial charge >= 0.3 is 0 Å². The van der Waals surface area contributed by atoms with Gasteiger partial charge in [-0.25, -0.2) is 0 Å². The maximum Gasteiger partial charge on any atom is 0.229 e. The first-order valence-electron chi connectivity index (χ1n) is 9.43. The average molecular weight is 380 g/mol. The minimum atomic E-state index is -0.129. The third kappa shape index (κ3) is 5.42. The average Bonchev–Trinajstić information content (AvgIpc) is 2.99. The summed E-state index contributed by atoms with van der Waals surface area (Å²) >= 11 is 0. The lowest BCUT2D eigenvalue weighted by molar-refractivity contribution is -0.139. The van der Waals surface area contributed by atoms with Gasteiger partial charge in [0.2, 0.25) is 17.7 Å². The standard InChI is InChI=1S/C22H24N2O4/c1-16-4-2-5-19(14-16)28-13-3-6-20(25)23-18-9-7-17(8-10-18)15-24-21(26)11-12-22(24)27/h2,4-5,7-10,14H,3,6,11-13,15H2,1H3,(H,23,25). The summed E-state index contributed by atoms with van der Waals surface area (Å²) in [5.74, 6) is 0.474. The van der Waals surface area contributed by atoms with Gasteiger partial charge in [-0.2, -0.15) is 0 Å². The van der Waals surface area contributed by atoms with E-state index in [9.17, 15) is 14.4 Å². The lowest BCUT2D eigenvalue weighted by atomic mass is 10.2. The van der Waals surface area contributed by atoms with Gasteiger partial charge in [-0.3, -0.25) is 19.3 Å². The zero-order valence-corrected chi connectivity index (χ0v) is 15.9. The molecule has 0 aliphatic carbocycles. The van der Waals surface area contributed by atoms with Crippen LogP contribution in [0, 0.1) is 6.92 Å². The molecule has 0 aromatic heterocycles. The van der Waals surface area contributed by atoms with Crippen molar-refractivity contribution in [2.75, 3.05) is 11.9 Å². The van der Waals surface area contributed by atoms with Crippen LogP contribution in [0.4, 0.5) is 5.69 Å². The number of nitrogens with one attached hydrogen (secondary N) is 1. The molecule has 3 amide bonds. The number of rotatable bonds is 8. The van der Waals surface area contributed by atoms with Gasteiger partial charge in [-0.1, -0.05) is 24.3 Å². The minimum absolute atomic E-state index is 0.0782. The number of benzene rings is 2. The number of carbonyl (C=O) groups is 3. The number of hydrogen-bond acceptors (Lipinski definition) is 4. The highest BCUT2D eigenvalue weighted by Gasteiger charge is 2.28. The summed E-state index contributed by atoms with van der Waals surface area (Å²) in [5.41, 5.74) is 2.68. The van der Waals surface area contributed by atoms with E-state index in [0.29, 0.717) is 38.0 Å². The lowest BCUT2D eigenvalue weighted by Crippen LogP contribution is -2.28. The number of nitrogens with zero attached hydrogens (tertiary/aromatic N) is 1. The molecule has 146 valence electrons. The molecular weight excluding hydrogens is 356 g/mol. The minimum Gasteiger partial charge on any atom is -0.494 e. The largest absolute Gasteiger partial charge is 0.494 e. The van der Waals surface area contributed by atoms with E-state index in [4.69, 9.17) is 4.74 Å². The van der Waals surface area contributed by atoms with Crippen molar-refractivity contribution in [1.29, 1.82) is 0 Å². The second kappa shape index (κ2) is 9.17. The molecule has 2 aromatic rings. The molecular formula is C22H24N2O4. The van der Waals surface area contributed by atoms with E-state index in [-0.39, 0.29) is 24.3 Å². The number of amides is 3. The van der Waals surface area contributed by atoms with Crippen LogP contribution in [0.2, 0.25) is 0 Å². The zero-order valence-electron chi connectivity index (χ0n) is 15.9. The SMILES string of the molecule is Cc1cccc(OCCCC(=O)Nc2ccc(CN3C(=O)CCC3=O)cc2)c1. The third-order valence-electron chi connectivity index (χ3n) is 4.54. The van der Waals surface area contributed by atoms with Crippen LogP contribution in [-0.2, 0) is 20.9 Å². The van der Waals surface area contributed by atoms with Crippen LogP contribution in [0.15, 0.2) is 48.5 Å². The van der Waals surface area contributed by atoms with Crippen LogP contribution in [-0.4, -0.2) is 29.2 Å². The fourth-order valence-electron chi connectivity index (χ4n) is 3.03. The molecule has 3 rings (SSSR count). The third-order valence-corrected chi connectivity index (χ3v) is 4.54. The van der Waals surface area contributed by atoms with Crippen molar-refractivity contribution < 1.29 is 19.1 Å². The predicted octanol–water partition coefficient (Wildman–Crippen LogP) is 3.44. The highest BCUT2D eigenvalue weighted by atomic mass is 16.5. The Hall–Kier alpha value is -3.15. The van der Waals surface area contributed by atoms with Crippen molar-refractivity contribution in [3.8, 4) is 5.75 Å². The molecule has 1 aliphatic rings. The van der Waals surface area contributed by atoms with E-state index < -0.39 is 0 Å². The van der Waals surface area contributed by atoms with E-state index >= 15 is 0 Å². The number of hydrogen-bond donors (Lipinski definition) is 1. The number of imide groups is 1. The van der Waals surface area contributed by atoms with Gasteiger partial charge in [0.15, 0.2) is 0 Å². The molecule has 1 aliphatic heterocycles. The Morgan fingerprint density at radius 3 is 2.46 bits per heavy atom. The highest BCUT2D eigenvalue weighted by molar-refractivity contribution is 6.01. The summed E-state index contributed by atoms with van der Waals surface area (Å²) in [6, 6.07) is 15.0. The molecule has 1 fully saturated rings. The molecule has 6 nitrogen and oxygen atoms in total. The number of anilines is 1. The summed E-state index contributed by atoms with van der Waals surface area (Å²) in [4.78, 5) is 36.7. The van der Waals surface area contributed by atoms with Gasteiger partial charge < -0.3 is 10.1 Å². The van der Waals surface area contributed by atoms with Crippen molar-refractivity contribution in [3.05, 3.63) is 59.7 Å². The monoisotopic (exact) mass is 380 g/mol. The van der Waals surface area contributed by atoms with E-state index in [1.165, 1.54) is 4.90 Å². The molecule has 0 atom stereocenters. The van der Waals surface area contributed by atoms with Crippen LogP contribution >= 0.6 is 0 Å². The van der Waals surface area contributed by atoms with Crippen molar-refractivity contribution in [3.63, 3.8) is 0 Å². The molecule has 1 heterocycles. The fourth-order valence-corrected chi connectivity index (χ4v) is 3.03. The first kappa shape index (κ1) is 19.6. The van der Waals surface area contributed by atoms with Crippen LogP contribution in [0.3, 0.4) is 0 Å². The van der Waals surface area contributed by atoms with E-state index in [2.05, 4.69) is 5.32 Å². The molecule has 0 radical (unpaired) electrons. The molecule has 1 saturated heterocycles. The number of likely N-dealkylation sites (tertiary alicyclic amines) is 1. The smallest absolute Gasteiger partial charge is 0.229 e. The summed E-state index contributed by atoms with van der Waals surface area (Å²) in [6.45, 7) is 2.77. The summed E-state index contributed by atoms with van der Waals surface area (Å²) in [6.07, 6.45) is 1.57. The van der Waals surface area contributed by atoms with Gasteiger partial charge in [0.05, 0.1) is 13.2 Å². The second-order valence-corrected chi connectivity index (χ2v) is 6.89. The Balaban J connectivity index is 1.40. The molecule has 0 bridgehead atoms. The van der Waals surface area contributed by atoms with E-state index in [0.717, 1.165) is 16.9 Å². The van der Waals surface area contributed by atoms with Crippen molar-refractivity contribution in [1.82, 2.24) is 4.90 Å². The molecule has 0 saturated carbocycles. The summed E-state index contributed by atoms with van der Waals surface area (Å²) in [7, 11) is 0. The van der Waals surface area contributed by atoms with Gasteiger partial charge in [-0.15, -0.1) is 0 Å². The number of carbonyl (C=O) groups excluding carboxylic acids is 3. The Morgan fingerprint density at radius 1 is 1.07 bits per heavy atom. The second-order valence-electron chi connectivity index (χ2n) is 6.89. The normalized spacial score (nSPS) is 13.7. The zero-order chi connectivity index (χ0) is 19.9. The van der Waals surface area contributed by atoms with Crippen molar-refractivity contribution in [2.24, 2.45) is 0 Å². The van der Waals surface area contributed by atoms with Crippen molar-refractivity contribution in [2.45, 2.75) is 39.2 Å². The number of aryl methyl sites for hydroxylation is 1. The molecule has 6 heteroatoms. The van der Waals surface area contributed by atoms with Crippen LogP contribution in [0.25, 0.3) is 0 Å².